The molecule has 0 spiro atoms. The number of benzene rings is 2. The number of aromatic carboxylic acids is 1. The first-order valence-corrected chi connectivity index (χ1v) is 9.81. The van der Waals surface area contributed by atoms with Crippen molar-refractivity contribution in [3.63, 3.8) is 0 Å². The Morgan fingerprint density at radius 1 is 1.00 bits per heavy atom. The van der Waals surface area contributed by atoms with Gasteiger partial charge in [-0.25, -0.2) is 19.0 Å². The molecule has 28 heavy (non-hydrogen) atoms. The SMILES string of the molecule is CSc1nc(=O)n(Cc2ccc(Cl)cc2)c(=O)n1Cc1ccc(C(=O)O)cc1. The Morgan fingerprint density at radius 2 is 1.54 bits per heavy atom. The highest BCUT2D eigenvalue weighted by Crippen LogP contribution is 2.13. The van der Waals surface area contributed by atoms with Crippen molar-refractivity contribution in [1.82, 2.24) is 14.1 Å². The molecule has 9 heteroatoms. The van der Waals surface area contributed by atoms with Crippen molar-refractivity contribution in [2.75, 3.05) is 6.26 Å². The zero-order chi connectivity index (χ0) is 20.3. The Kier molecular flexibility index (Phi) is 6.01. The van der Waals surface area contributed by atoms with E-state index in [9.17, 15) is 14.4 Å². The number of aromatic nitrogens is 3. The van der Waals surface area contributed by atoms with E-state index >= 15 is 0 Å². The fourth-order valence-electron chi connectivity index (χ4n) is 2.65. The minimum Gasteiger partial charge on any atom is -0.478 e. The molecule has 1 N–H and O–H groups in total. The maximum Gasteiger partial charge on any atom is 0.354 e. The van der Waals surface area contributed by atoms with Crippen molar-refractivity contribution < 1.29 is 9.90 Å². The maximum atomic E-state index is 13.0. The number of carbonyl (C=O) groups is 1. The molecule has 7 nitrogen and oxygen atoms in total. The van der Waals surface area contributed by atoms with Gasteiger partial charge in [-0.15, -0.1) is 0 Å². The fourth-order valence-corrected chi connectivity index (χ4v) is 3.30. The van der Waals surface area contributed by atoms with Crippen LogP contribution in [0.3, 0.4) is 0 Å². The summed E-state index contributed by atoms with van der Waals surface area (Å²) in [5, 5.41) is 9.86. The van der Waals surface area contributed by atoms with E-state index in [1.807, 2.05) is 0 Å². The van der Waals surface area contributed by atoms with Gasteiger partial charge in [-0.1, -0.05) is 47.6 Å². The average molecular weight is 418 g/mol. The van der Waals surface area contributed by atoms with Crippen LogP contribution in [0.5, 0.6) is 0 Å². The van der Waals surface area contributed by atoms with Gasteiger partial charge in [0.1, 0.15) is 0 Å². The fraction of sp³-hybridized carbons (Fsp3) is 0.158. The Hall–Kier alpha value is -2.84. The van der Waals surface area contributed by atoms with Crippen molar-refractivity contribution in [1.29, 1.82) is 0 Å². The van der Waals surface area contributed by atoms with Crippen LogP contribution in [0.15, 0.2) is 63.3 Å². The van der Waals surface area contributed by atoms with Gasteiger partial charge in [-0.05, 0) is 41.6 Å². The molecule has 0 unspecified atom stereocenters. The van der Waals surface area contributed by atoms with Gasteiger partial charge in [0.15, 0.2) is 5.16 Å². The highest BCUT2D eigenvalue weighted by Gasteiger charge is 2.14. The normalized spacial score (nSPS) is 10.8. The predicted molar refractivity (Wildman–Crippen MR) is 108 cm³/mol. The summed E-state index contributed by atoms with van der Waals surface area (Å²) < 4.78 is 2.46. The summed E-state index contributed by atoms with van der Waals surface area (Å²) in [6.45, 7) is 0.247. The summed E-state index contributed by atoms with van der Waals surface area (Å²) in [6, 6.07) is 13.1. The van der Waals surface area contributed by atoms with Crippen molar-refractivity contribution >= 4 is 29.3 Å². The zero-order valence-corrected chi connectivity index (χ0v) is 16.4. The quantitative estimate of drug-likeness (QED) is 0.619. The lowest BCUT2D eigenvalue weighted by Crippen LogP contribution is -2.42. The molecule has 1 aromatic heterocycles. The minimum atomic E-state index is -1.02. The monoisotopic (exact) mass is 417 g/mol. The molecule has 0 amide bonds. The molecule has 0 aliphatic carbocycles. The molecule has 0 fully saturated rings. The molecule has 0 saturated heterocycles. The van der Waals surface area contributed by atoms with Crippen LogP contribution in [-0.2, 0) is 13.1 Å². The number of nitrogens with zero attached hydrogens (tertiary/aromatic N) is 3. The maximum absolute atomic E-state index is 13.0. The lowest BCUT2D eigenvalue weighted by molar-refractivity contribution is 0.0697. The van der Waals surface area contributed by atoms with E-state index in [4.69, 9.17) is 16.7 Å². The summed E-state index contributed by atoms with van der Waals surface area (Å²) in [5.41, 5.74) is 0.524. The Balaban J connectivity index is 2.00. The van der Waals surface area contributed by atoms with E-state index in [0.717, 1.165) is 15.7 Å². The summed E-state index contributed by atoms with van der Waals surface area (Å²) in [4.78, 5) is 40.3. The second-order valence-corrected chi connectivity index (χ2v) is 7.17. The van der Waals surface area contributed by atoms with Crippen molar-refractivity contribution in [3.05, 3.63) is 91.2 Å². The van der Waals surface area contributed by atoms with Gasteiger partial charge in [0.2, 0.25) is 0 Å². The molecule has 0 aliphatic heterocycles. The lowest BCUT2D eigenvalue weighted by atomic mass is 10.1. The topological polar surface area (TPSA) is 94.2 Å². The van der Waals surface area contributed by atoms with E-state index in [1.54, 1.807) is 42.7 Å². The molecular weight excluding hydrogens is 402 g/mol. The highest BCUT2D eigenvalue weighted by atomic mass is 35.5. The van der Waals surface area contributed by atoms with E-state index in [2.05, 4.69) is 4.98 Å². The minimum absolute atomic E-state index is 0.0778. The molecule has 144 valence electrons. The third kappa shape index (κ3) is 4.35. The molecule has 0 radical (unpaired) electrons. The number of rotatable bonds is 6. The van der Waals surface area contributed by atoms with Crippen LogP contribution in [-0.4, -0.2) is 31.4 Å². The molecule has 0 saturated carbocycles. The number of hydrogen-bond acceptors (Lipinski definition) is 5. The van der Waals surface area contributed by atoms with Crippen LogP contribution in [0, 0.1) is 0 Å². The van der Waals surface area contributed by atoms with E-state index in [0.29, 0.717) is 10.2 Å². The summed E-state index contributed by atoms with van der Waals surface area (Å²) in [6.07, 6.45) is 1.73. The third-order valence-electron chi connectivity index (χ3n) is 4.09. The van der Waals surface area contributed by atoms with Crippen molar-refractivity contribution in [2.24, 2.45) is 0 Å². The molecule has 1 heterocycles. The molecule has 2 aromatic carbocycles. The summed E-state index contributed by atoms with van der Waals surface area (Å²) >= 11 is 7.07. The Labute approximate surface area is 169 Å². The van der Waals surface area contributed by atoms with Crippen LogP contribution < -0.4 is 11.4 Å². The summed E-state index contributed by atoms with van der Waals surface area (Å²) in [7, 11) is 0. The Bertz CT molecular complexity index is 1120. The largest absolute Gasteiger partial charge is 0.478 e. The molecule has 0 bridgehead atoms. The van der Waals surface area contributed by atoms with Crippen molar-refractivity contribution in [2.45, 2.75) is 18.2 Å². The van der Waals surface area contributed by atoms with Gasteiger partial charge in [0.25, 0.3) is 0 Å². The van der Waals surface area contributed by atoms with E-state index < -0.39 is 17.3 Å². The highest BCUT2D eigenvalue weighted by molar-refractivity contribution is 7.98. The van der Waals surface area contributed by atoms with Crippen LogP contribution in [0.25, 0.3) is 0 Å². The van der Waals surface area contributed by atoms with Gasteiger partial charge in [0, 0.05) is 5.02 Å². The molecule has 0 aliphatic rings. The number of carboxylic acid groups (broad SMARTS) is 1. The van der Waals surface area contributed by atoms with Crippen LogP contribution in [0.2, 0.25) is 5.02 Å². The van der Waals surface area contributed by atoms with Gasteiger partial charge in [0.05, 0.1) is 18.7 Å². The standard InChI is InChI=1S/C19H16ClN3O4S/c1-28-18-21-17(26)22(10-13-4-8-15(20)9-5-13)19(27)23(18)11-12-2-6-14(7-3-12)16(24)25/h2-9H,10-11H2,1H3,(H,24,25). The second kappa shape index (κ2) is 8.45. The van der Waals surface area contributed by atoms with Gasteiger partial charge in [-0.3, -0.25) is 4.57 Å². The molecule has 0 atom stereocenters. The van der Waals surface area contributed by atoms with Gasteiger partial charge < -0.3 is 5.11 Å². The Morgan fingerprint density at radius 3 is 2.07 bits per heavy atom. The number of hydrogen-bond donors (Lipinski definition) is 1. The van der Waals surface area contributed by atoms with Crippen LogP contribution in [0.4, 0.5) is 0 Å². The zero-order valence-electron chi connectivity index (χ0n) is 14.8. The number of thioether (sulfide) groups is 1. The van der Waals surface area contributed by atoms with Crippen LogP contribution in [0.1, 0.15) is 21.5 Å². The first-order chi connectivity index (χ1) is 13.4. The first kappa shape index (κ1) is 19.9. The molecular formula is C19H16ClN3O4S. The number of carboxylic acids is 1. The van der Waals surface area contributed by atoms with Gasteiger partial charge in [-0.2, -0.15) is 4.98 Å². The van der Waals surface area contributed by atoms with Crippen molar-refractivity contribution in [3.8, 4) is 0 Å². The lowest BCUT2D eigenvalue weighted by Gasteiger charge is -2.13. The van der Waals surface area contributed by atoms with Gasteiger partial charge >= 0.3 is 17.3 Å². The second-order valence-electron chi connectivity index (χ2n) is 5.96. The smallest absolute Gasteiger partial charge is 0.354 e. The molecule has 3 aromatic rings. The number of halogens is 1. The molecule has 3 rings (SSSR count). The van der Waals surface area contributed by atoms with E-state index in [-0.39, 0.29) is 18.7 Å². The predicted octanol–water partition coefficient (Wildman–Crippen LogP) is 2.58. The summed E-state index contributed by atoms with van der Waals surface area (Å²) in [5.74, 6) is -1.02. The van der Waals surface area contributed by atoms with Crippen LogP contribution >= 0.6 is 23.4 Å². The van der Waals surface area contributed by atoms with E-state index in [1.165, 1.54) is 28.5 Å². The third-order valence-corrected chi connectivity index (χ3v) is 5.02. The first-order valence-electron chi connectivity index (χ1n) is 8.21. The average Bonchev–Trinajstić information content (AvgIpc) is 2.69.